The van der Waals surface area contributed by atoms with Gasteiger partial charge in [-0.25, -0.2) is 0 Å². The summed E-state index contributed by atoms with van der Waals surface area (Å²) in [6.45, 7) is 7.28. The predicted octanol–water partition coefficient (Wildman–Crippen LogP) is 1.94. The van der Waals surface area contributed by atoms with Crippen LogP contribution in [0.4, 0.5) is 0 Å². The van der Waals surface area contributed by atoms with E-state index < -0.39 is 5.54 Å². The van der Waals surface area contributed by atoms with Crippen LogP contribution in [0.5, 0.6) is 0 Å². The average molecular weight is 266 g/mol. The zero-order chi connectivity index (χ0) is 14.0. The van der Waals surface area contributed by atoms with Gasteiger partial charge in [0.25, 0.3) is 0 Å². The molecule has 1 heterocycles. The van der Waals surface area contributed by atoms with Crippen molar-refractivity contribution in [1.82, 2.24) is 10.2 Å². The van der Waals surface area contributed by atoms with Gasteiger partial charge in [-0.05, 0) is 38.0 Å². The molecule has 1 aliphatic carbocycles. The average Bonchev–Trinajstić information content (AvgIpc) is 3.14. The lowest BCUT2D eigenvalue weighted by atomic mass is 9.91. The van der Waals surface area contributed by atoms with Crippen LogP contribution in [-0.4, -0.2) is 35.3 Å². The molecular weight excluding hydrogens is 240 g/mol. The van der Waals surface area contributed by atoms with E-state index in [-0.39, 0.29) is 18.4 Å². The van der Waals surface area contributed by atoms with Gasteiger partial charge in [-0.2, -0.15) is 0 Å². The molecule has 1 unspecified atom stereocenters. The molecule has 1 atom stereocenters. The Morgan fingerprint density at radius 2 is 2.00 bits per heavy atom. The smallest absolute Gasteiger partial charge is 0.248 e. The van der Waals surface area contributed by atoms with Gasteiger partial charge in [0, 0.05) is 6.54 Å². The maximum absolute atomic E-state index is 12.5. The van der Waals surface area contributed by atoms with E-state index in [2.05, 4.69) is 19.2 Å². The Labute approximate surface area is 115 Å². The lowest BCUT2D eigenvalue weighted by Crippen LogP contribution is -2.66. The standard InChI is InChI=1S/C15H26N2O2/c1-11(2)6-4-5-9-17-10-13(18)16-15(3,14(17)19)12-7-8-12/h11-12H,4-10H2,1-3H3,(H,16,18). The van der Waals surface area contributed by atoms with Gasteiger partial charge in [-0.3, -0.25) is 9.59 Å². The molecule has 0 aromatic heterocycles. The number of piperazine rings is 1. The zero-order valence-corrected chi connectivity index (χ0v) is 12.4. The summed E-state index contributed by atoms with van der Waals surface area (Å²) in [7, 11) is 0. The van der Waals surface area contributed by atoms with Gasteiger partial charge < -0.3 is 10.2 Å². The number of nitrogens with zero attached hydrogens (tertiary/aromatic N) is 1. The van der Waals surface area contributed by atoms with E-state index in [0.717, 1.165) is 32.2 Å². The van der Waals surface area contributed by atoms with Crippen molar-refractivity contribution in [2.24, 2.45) is 11.8 Å². The maximum atomic E-state index is 12.5. The third kappa shape index (κ3) is 3.28. The summed E-state index contributed by atoms with van der Waals surface area (Å²) in [5, 5.41) is 2.91. The number of carbonyl (C=O) groups excluding carboxylic acids is 2. The molecule has 2 fully saturated rings. The van der Waals surface area contributed by atoms with Crippen molar-refractivity contribution < 1.29 is 9.59 Å². The van der Waals surface area contributed by atoms with Crippen LogP contribution in [0.3, 0.4) is 0 Å². The summed E-state index contributed by atoms with van der Waals surface area (Å²) in [6, 6.07) is 0. The van der Waals surface area contributed by atoms with Crippen LogP contribution in [0.1, 0.15) is 52.9 Å². The van der Waals surface area contributed by atoms with E-state index in [1.165, 1.54) is 6.42 Å². The summed E-state index contributed by atoms with van der Waals surface area (Å²) >= 11 is 0. The molecule has 4 nitrogen and oxygen atoms in total. The molecule has 19 heavy (non-hydrogen) atoms. The molecule has 0 radical (unpaired) electrons. The number of amides is 2. The molecule has 1 saturated heterocycles. The number of rotatable bonds is 6. The van der Waals surface area contributed by atoms with Crippen molar-refractivity contribution in [1.29, 1.82) is 0 Å². The SMILES string of the molecule is CC(C)CCCCN1CC(=O)NC(C)(C2CC2)C1=O. The van der Waals surface area contributed by atoms with E-state index >= 15 is 0 Å². The minimum atomic E-state index is -0.632. The second-order valence-corrected chi connectivity index (χ2v) is 6.64. The first-order valence-electron chi connectivity index (χ1n) is 7.54. The van der Waals surface area contributed by atoms with Crippen molar-refractivity contribution in [3.8, 4) is 0 Å². The predicted molar refractivity (Wildman–Crippen MR) is 74.5 cm³/mol. The molecule has 2 rings (SSSR count). The molecule has 0 aromatic rings. The molecule has 108 valence electrons. The molecule has 2 aliphatic rings. The first kappa shape index (κ1) is 14.4. The second-order valence-electron chi connectivity index (χ2n) is 6.64. The molecule has 0 spiro atoms. The van der Waals surface area contributed by atoms with Gasteiger partial charge in [0.05, 0.1) is 6.54 Å². The Bertz CT molecular complexity index is 363. The number of unbranched alkanes of at least 4 members (excludes halogenated alkanes) is 1. The monoisotopic (exact) mass is 266 g/mol. The van der Waals surface area contributed by atoms with E-state index in [0.29, 0.717) is 11.8 Å². The van der Waals surface area contributed by atoms with Gasteiger partial charge >= 0.3 is 0 Å². The first-order valence-corrected chi connectivity index (χ1v) is 7.54. The lowest BCUT2D eigenvalue weighted by molar-refractivity contribution is -0.150. The number of nitrogens with one attached hydrogen (secondary N) is 1. The van der Waals surface area contributed by atoms with Gasteiger partial charge in [0.15, 0.2) is 0 Å². The highest BCUT2D eigenvalue weighted by atomic mass is 16.2. The number of carbonyl (C=O) groups is 2. The summed E-state index contributed by atoms with van der Waals surface area (Å²) in [5.41, 5.74) is -0.632. The Hall–Kier alpha value is -1.06. The number of hydrogen-bond donors (Lipinski definition) is 1. The van der Waals surface area contributed by atoms with Crippen LogP contribution in [0.2, 0.25) is 0 Å². The van der Waals surface area contributed by atoms with Crippen LogP contribution < -0.4 is 5.32 Å². The zero-order valence-electron chi connectivity index (χ0n) is 12.4. The minimum absolute atomic E-state index is 0.00198. The van der Waals surface area contributed by atoms with E-state index in [1.807, 2.05) is 6.92 Å². The fraction of sp³-hybridized carbons (Fsp3) is 0.867. The Balaban J connectivity index is 1.89. The van der Waals surface area contributed by atoms with Crippen LogP contribution in [0.25, 0.3) is 0 Å². The highest BCUT2D eigenvalue weighted by Gasteiger charge is 2.52. The fourth-order valence-electron chi connectivity index (χ4n) is 2.93. The van der Waals surface area contributed by atoms with Crippen LogP contribution in [0, 0.1) is 11.8 Å². The van der Waals surface area contributed by atoms with Crippen molar-refractivity contribution in [2.45, 2.75) is 58.4 Å². The molecule has 1 saturated carbocycles. The Morgan fingerprint density at radius 3 is 2.58 bits per heavy atom. The third-order valence-electron chi connectivity index (χ3n) is 4.32. The third-order valence-corrected chi connectivity index (χ3v) is 4.32. The van der Waals surface area contributed by atoms with Crippen LogP contribution in [-0.2, 0) is 9.59 Å². The summed E-state index contributed by atoms with van der Waals surface area (Å²) in [4.78, 5) is 26.1. The van der Waals surface area contributed by atoms with Crippen LogP contribution in [0.15, 0.2) is 0 Å². The maximum Gasteiger partial charge on any atom is 0.248 e. The molecule has 1 aliphatic heterocycles. The Morgan fingerprint density at radius 1 is 1.32 bits per heavy atom. The quantitative estimate of drug-likeness (QED) is 0.747. The summed E-state index contributed by atoms with van der Waals surface area (Å²) in [5.74, 6) is 1.18. The topological polar surface area (TPSA) is 49.4 Å². The van der Waals surface area contributed by atoms with Crippen LogP contribution >= 0.6 is 0 Å². The molecule has 0 bridgehead atoms. The molecule has 0 aromatic carbocycles. The number of hydrogen-bond acceptors (Lipinski definition) is 2. The van der Waals surface area contributed by atoms with Gasteiger partial charge in [-0.15, -0.1) is 0 Å². The largest absolute Gasteiger partial charge is 0.340 e. The second kappa shape index (κ2) is 5.51. The normalized spacial score (nSPS) is 27.9. The summed E-state index contributed by atoms with van der Waals surface area (Å²) in [6.07, 6.45) is 5.43. The summed E-state index contributed by atoms with van der Waals surface area (Å²) < 4.78 is 0. The molecule has 1 N–H and O–H groups in total. The fourth-order valence-corrected chi connectivity index (χ4v) is 2.93. The van der Waals surface area contributed by atoms with E-state index in [4.69, 9.17) is 0 Å². The van der Waals surface area contributed by atoms with Gasteiger partial charge in [0.2, 0.25) is 11.8 Å². The lowest BCUT2D eigenvalue weighted by Gasteiger charge is -2.40. The van der Waals surface area contributed by atoms with Gasteiger partial charge in [0.1, 0.15) is 5.54 Å². The highest BCUT2D eigenvalue weighted by Crippen LogP contribution is 2.41. The molecule has 2 amide bonds. The van der Waals surface area contributed by atoms with Crippen molar-refractivity contribution in [3.63, 3.8) is 0 Å². The minimum Gasteiger partial charge on any atom is -0.340 e. The Kier molecular flexibility index (Phi) is 4.16. The van der Waals surface area contributed by atoms with E-state index in [1.54, 1.807) is 4.90 Å². The first-order chi connectivity index (χ1) is 8.93. The van der Waals surface area contributed by atoms with Gasteiger partial charge in [-0.1, -0.05) is 26.7 Å². The molecule has 4 heteroatoms. The van der Waals surface area contributed by atoms with Crippen molar-refractivity contribution in [3.05, 3.63) is 0 Å². The van der Waals surface area contributed by atoms with Crippen molar-refractivity contribution >= 4 is 11.8 Å². The van der Waals surface area contributed by atoms with E-state index in [9.17, 15) is 9.59 Å². The van der Waals surface area contributed by atoms with Crippen molar-refractivity contribution in [2.75, 3.05) is 13.1 Å². The highest BCUT2D eigenvalue weighted by molar-refractivity contribution is 5.98. The molecular formula is C15H26N2O2.